The molecule has 1 aliphatic heterocycles. The van der Waals surface area contributed by atoms with Gasteiger partial charge in [-0.25, -0.2) is 13.1 Å². The van der Waals surface area contributed by atoms with E-state index in [2.05, 4.69) is 4.72 Å². The summed E-state index contributed by atoms with van der Waals surface area (Å²) in [4.78, 5) is 14.5. The van der Waals surface area contributed by atoms with Gasteiger partial charge in [-0.1, -0.05) is 35.9 Å². The van der Waals surface area contributed by atoms with E-state index < -0.39 is 10.0 Å². The standard InChI is InChI=1S/C20H23ClN2O4S/c1-27-16-7-4-6-15(14-16)18-9-5-13-23(18)20(24)11-12-22-28(25,26)19-10-3-2-8-17(19)21/h2-4,6-8,10,14,18,22H,5,9,11-13H2,1H3. The van der Waals surface area contributed by atoms with Gasteiger partial charge in [-0.15, -0.1) is 0 Å². The minimum atomic E-state index is -3.75. The number of nitrogens with one attached hydrogen (secondary N) is 1. The van der Waals surface area contributed by atoms with Gasteiger partial charge in [0.25, 0.3) is 0 Å². The van der Waals surface area contributed by atoms with Crippen LogP contribution in [0.4, 0.5) is 0 Å². The molecule has 2 aromatic rings. The number of carbonyl (C=O) groups is 1. The first-order valence-corrected chi connectivity index (χ1v) is 11.0. The molecule has 8 heteroatoms. The summed E-state index contributed by atoms with van der Waals surface area (Å²) in [6.45, 7) is 0.686. The molecule has 1 atom stereocenters. The molecule has 0 spiro atoms. The van der Waals surface area contributed by atoms with E-state index in [-0.39, 0.29) is 34.8 Å². The lowest BCUT2D eigenvalue weighted by Gasteiger charge is -2.25. The van der Waals surface area contributed by atoms with Crippen LogP contribution < -0.4 is 9.46 Å². The molecule has 0 aliphatic carbocycles. The molecule has 0 radical (unpaired) electrons. The van der Waals surface area contributed by atoms with Crippen LogP contribution >= 0.6 is 11.6 Å². The number of amides is 1. The highest BCUT2D eigenvalue weighted by atomic mass is 35.5. The molecule has 1 heterocycles. The Labute approximate surface area is 170 Å². The molecule has 2 aromatic carbocycles. The van der Waals surface area contributed by atoms with Gasteiger partial charge in [-0.2, -0.15) is 0 Å². The lowest BCUT2D eigenvalue weighted by Crippen LogP contribution is -2.34. The van der Waals surface area contributed by atoms with E-state index in [1.54, 1.807) is 19.2 Å². The van der Waals surface area contributed by atoms with Crippen LogP contribution in [-0.4, -0.2) is 39.4 Å². The first-order chi connectivity index (χ1) is 13.4. The summed E-state index contributed by atoms with van der Waals surface area (Å²) in [5.41, 5.74) is 1.03. The van der Waals surface area contributed by atoms with Gasteiger partial charge in [0.15, 0.2) is 0 Å². The predicted octanol–water partition coefficient (Wildman–Crippen LogP) is 3.38. The molecule has 1 aliphatic rings. The summed E-state index contributed by atoms with van der Waals surface area (Å²) >= 11 is 5.96. The number of nitrogens with zero attached hydrogens (tertiary/aromatic N) is 1. The van der Waals surface area contributed by atoms with E-state index in [1.165, 1.54) is 12.1 Å². The van der Waals surface area contributed by atoms with Crippen molar-refractivity contribution in [3.63, 3.8) is 0 Å². The third kappa shape index (κ3) is 4.66. The van der Waals surface area contributed by atoms with Crippen LogP contribution in [0, 0.1) is 0 Å². The first-order valence-electron chi connectivity index (χ1n) is 9.10. The quantitative estimate of drug-likeness (QED) is 0.742. The Morgan fingerprint density at radius 3 is 2.79 bits per heavy atom. The largest absolute Gasteiger partial charge is 0.497 e. The highest BCUT2D eigenvalue weighted by Gasteiger charge is 2.30. The van der Waals surface area contributed by atoms with Gasteiger partial charge < -0.3 is 9.64 Å². The van der Waals surface area contributed by atoms with Crippen LogP contribution in [0.25, 0.3) is 0 Å². The summed E-state index contributed by atoms with van der Waals surface area (Å²) in [5.74, 6) is 0.677. The molecule has 1 saturated heterocycles. The van der Waals surface area contributed by atoms with Crippen molar-refractivity contribution >= 4 is 27.5 Å². The minimum absolute atomic E-state index is 0.0113. The molecule has 1 unspecified atom stereocenters. The average molecular weight is 423 g/mol. The smallest absolute Gasteiger partial charge is 0.242 e. The molecule has 0 saturated carbocycles. The zero-order valence-corrected chi connectivity index (χ0v) is 17.2. The zero-order valence-electron chi connectivity index (χ0n) is 15.6. The molecule has 0 aromatic heterocycles. The normalized spacial score (nSPS) is 16.9. The molecule has 150 valence electrons. The summed E-state index contributed by atoms with van der Waals surface area (Å²) in [7, 11) is -2.14. The second-order valence-corrected chi connectivity index (χ2v) is 8.74. The predicted molar refractivity (Wildman–Crippen MR) is 108 cm³/mol. The van der Waals surface area contributed by atoms with Gasteiger partial charge >= 0.3 is 0 Å². The van der Waals surface area contributed by atoms with Crippen LogP contribution in [0.3, 0.4) is 0 Å². The maximum absolute atomic E-state index is 12.7. The number of halogens is 1. The number of likely N-dealkylation sites (tertiary alicyclic amines) is 1. The summed E-state index contributed by atoms with van der Waals surface area (Å²) in [6.07, 6.45) is 1.88. The summed E-state index contributed by atoms with van der Waals surface area (Å²) < 4.78 is 32.5. The number of sulfonamides is 1. The van der Waals surface area contributed by atoms with Gasteiger partial charge in [-0.3, -0.25) is 4.79 Å². The van der Waals surface area contributed by atoms with E-state index in [9.17, 15) is 13.2 Å². The Morgan fingerprint density at radius 2 is 2.04 bits per heavy atom. The fourth-order valence-electron chi connectivity index (χ4n) is 3.44. The Bertz CT molecular complexity index is 949. The Hall–Kier alpha value is -2.09. The van der Waals surface area contributed by atoms with E-state index >= 15 is 0 Å². The van der Waals surface area contributed by atoms with Crippen molar-refractivity contribution in [3.8, 4) is 5.75 Å². The number of methoxy groups -OCH3 is 1. The maximum atomic E-state index is 12.7. The highest BCUT2D eigenvalue weighted by Crippen LogP contribution is 2.33. The van der Waals surface area contributed by atoms with Crippen LogP contribution in [-0.2, 0) is 14.8 Å². The van der Waals surface area contributed by atoms with E-state index in [4.69, 9.17) is 16.3 Å². The third-order valence-electron chi connectivity index (χ3n) is 4.81. The number of ether oxygens (including phenoxy) is 1. The molecule has 1 N–H and O–H groups in total. The highest BCUT2D eigenvalue weighted by molar-refractivity contribution is 7.89. The fourth-order valence-corrected chi connectivity index (χ4v) is 4.99. The van der Waals surface area contributed by atoms with Crippen molar-refractivity contribution in [2.75, 3.05) is 20.2 Å². The Balaban J connectivity index is 1.62. The lowest BCUT2D eigenvalue weighted by atomic mass is 10.0. The molecule has 0 bridgehead atoms. The van der Waals surface area contributed by atoms with Crippen molar-refractivity contribution in [1.29, 1.82) is 0 Å². The lowest BCUT2D eigenvalue weighted by molar-refractivity contribution is -0.131. The second kappa shape index (κ2) is 8.94. The van der Waals surface area contributed by atoms with Gasteiger partial charge in [0.1, 0.15) is 10.6 Å². The minimum Gasteiger partial charge on any atom is -0.497 e. The molecule has 28 heavy (non-hydrogen) atoms. The van der Waals surface area contributed by atoms with E-state index in [1.807, 2.05) is 29.2 Å². The molecule has 3 rings (SSSR count). The number of carbonyl (C=O) groups excluding carboxylic acids is 1. The van der Waals surface area contributed by atoms with Crippen molar-refractivity contribution in [2.45, 2.75) is 30.2 Å². The fraction of sp³-hybridized carbons (Fsp3) is 0.350. The van der Waals surface area contributed by atoms with E-state index in [0.717, 1.165) is 24.2 Å². The Morgan fingerprint density at radius 1 is 1.25 bits per heavy atom. The van der Waals surface area contributed by atoms with Crippen molar-refractivity contribution < 1.29 is 17.9 Å². The van der Waals surface area contributed by atoms with Crippen LogP contribution in [0.15, 0.2) is 53.4 Å². The zero-order chi connectivity index (χ0) is 20.1. The maximum Gasteiger partial charge on any atom is 0.242 e. The van der Waals surface area contributed by atoms with Crippen LogP contribution in [0.1, 0.15) is 30.9 Å². The first kappa shape index (κ1) is 20.6. The number of benzene rings is 2. The molecular weight excluding hydrogens is 400 g/mol. The Kier molecular flexibility index (Phi) is 6.59. The molecule has 1 fully saturated rings. The summed E-state index contributed by atoms with van der Waals surface area (Å²) in [5, 5.41) is 0.152. The van der Waals surface area contributed by atoms with Crippen LogP contribution in [0.2, 0.25) is 5.02 Å². The number of rotatable bonds is 7. The van der Waals surface area contributed by atoms with Gasteiger partial charge in [0.2, 0.25) is 15.9 Å². The van der Waals surface area contributed by atoms with Gasteiger partial charge in [-0.05, 0) is 42.7 Å². The van der Waals surface area contributed by atoms with E-state index in [0.29, 0.717) is 6.54 Å². The molecule has 1 amide bonds. The van der Waals surface area contributed by atoms with Gasteiger partial charge in [0.05, 0.1) is 18.2 Å². The average Bonchev–Trinajstić information content (AvgIpc) is 3.18. The topological polar surface area (TPSA) is 75.7 Å². The van der Waals surface area contributed by atoms with Crippen molar-refractivity contribution in [2.24, 2.45) is 0 Å². The van der Waals surface area contributed by atoms with Gasteiger partial charge in [0, 0.05) is 19.5 Å². The van der Waals surface area contributed by atoms with Crippen LogP contribution in [0.5, 0.6) is 5.75 Å². The number of hydrogen-bond acceptors (Lipinski definition) is 4. The monoisotopic (exact) mass is 422 g/mol. The molecular formula is C20H23ClN2O4S. The molecule has 6 nitrogen and oxygen atoms in total. The number of hydrogen-bond donors (Lipinski definition) is 1. The third-order valence-corrected chi connectivity index (χ3v) is 6.77. The SMILES string of the molecule is COc1cccc(C2CCCN2C(=O)CCNS(=O)(=O)c2ccccc2Cl)c1. The van der Waals surface area contributed by atoms with Crippen molar-refractivity contribution in [3.05, 3.63) is 59.1 Å². The summed E-state index contributed by atoms with van der Waals surface area (Å²) in [6, 6.07) is 13.9. The van der Waals surface area contributed by atoms with Crippen molar-refractivity contribution in [1.82, 2.24) is 9.62 Å². The second-order valence-electron chi connectivity index (χ2n) is 6.60.